The Hall–Kier alpha value is -2.28. The molecule has 128 valence electrons. The highest BCUT2D eigenvalue weighted by atomic mass is 32.1. The maximum Gasteiger partial charge on any atom is 0.226 e. The lowest BCUT2D eigenvalue weighted by atomic mass is 10.1. The number of anilines is 1. The van der Waals surface area contributed by atoms with Gasteiger partial charge in [0.1, 0.15) is 5.01 Å². The molecule has 0 aliphatic carbocycles. The van der Waals surface area contributed by atoms with Crippen LogP contribution in [0.4, 0.5) is 5.13 Å². The Morgan fingerprint density at radius 1 is 1.25 bits per heavy atom. The van der Waals surface area contributed by atoms with E-state index in [4.69, 9.17) is 0 Å². The Kier molecular flexibility index (Phi) is 6.03. The highest BCUT2D eigenvalue weighted by Gasteiger charge is 2.12. The van der Waals surface area contributed by atoms with E-state index in [1.165, 1.54) is 23.8 Å². The first kappa shape index (κ1) is 18.1. The van der Waals surface area contributed by atoms with Crippen LogP contribution in [0.25, 0.3) is 10.6 Å². The summed E-state index contributed by atoms with van der Waals surface area (Å²) in [4.78, 5) is 24.6. The van der Waals surface area contributed by atoms with Gasteiger partial charge in [-0.1, -0.05) is 35.1 Å². The molecule has 0 aliphatic heterocycles. The van der Waals surface area contributed by atoms with Gasteiger partial charge < -0.3 is 10.2 Å². The first-order valence-corrected chi connectivity index (χ1v) is 8.61. The molecule has 2 amide bonds. The molecule has 0 saturated heterocycles. The van der Waals surface area contributed by atoms with Crippen LogP contribution in [-0.4, -0.2) is 40.5 Å². The number of rotatable bonds is 6. The third kappa shape index (κ3) is 4.86. The van der Waals surface area contributed by atoms with Gasteiger partial charge in [0, 0.05) is 32.5 Å². The third-order valence-corrected chi connectivity index (χ3v) is 4.59. The van der Waals surface area contributed by atoms with Crippen molar-refractivity contribution in [1.29, 1.82) is 0 Å². The summed E-state index contributed by atoms with van der Waals surface area (Å²) < 4.78 is 0. The Morgan fingerprint density at radius 2 is 2.00 bits per heavy atom. The molecule has 2 aromatic rings. The largest absolute Gasteiger partial charge is 0.346 e. The highest BCUT2D eigenvalue weighted by molar-refractivity contribution is 7.18. The van der Waals surface area contributed by atoms with Gasteiger partial charge in [0.15, 0.2) is 0 Å². The molecule has 0 spiro atoms. The predicted octanol–water partition coefficient (Wildman–Crippen LogP) is 3.02. The molecule has 24 heavy (non-hydrogen) atoms. The second kappa shape index (κ2) is 8.01. The number of nitrogens with zero attached hydrogens (tertiary/aromatic N) is 3. The molecule has 7 heteroatoms. The van der Waals surface area contributed by atoms with Gasteiger partial charge >= 0.3 is 0 Å². The van der Waals surface area contributed by atoms with Crippen LogP contribution in [-0.2, 0) is 9.59 Å². The van der Waals surface area contributed by atoms with Crippen molar-refractivity contribution in [2.24, 2.45) is 0 Å². The SMILES string of the molecule is CC(=O)N(C)CCCC(=O)Nc1nnc(-c2ccc(C)cc2C)s1. The minimum Gasteiger partial charge on any atom is -0.346 e. The van der Waals surface area contributed by atoms with Gasteiger partial charge in [-0.15, -0.1) is 10.2 Å². The van der Waals surface area contributed by atoms with Gasteiger partial charge in [0.2, 0.25) is 16.9 Å². The molecule has 1 heterocycles. The third-order valence-electron chi connectivity index (χ3n) is 3.72. The standard InChI is InChI=1S/C17H22N4O2S/c1-11-7-8-14(12(2)10-11)16-19-20-17(24-16)18-15(23)6-5-9-21(4)13(3)22/h7-8,10H,5-6,9H2,1-4H3,(H,18,20,23). The topological polar surface area (TPSA) is 75.2 Å². The zero-order chi connectivity index (χ0) is 17.7. The van der Waals surface area contributed by atoms with E-state index in [1.807, 2.05) is 26.0 Å². The molecule has 6 nitrogen and oxygen atoms in total. The van der Waals surface area contributed by atoms with E-state index in [1.54, 1.807) is 11.9 Å². The Morgan fingerprint density at radius 3 is 2.67 bits per heavy atom. The normalized spacial score (nSPS) is 10.5. The molecule has 0 saturated carbocycles. The predicted molar refractivity (Wildman–Crippen MR) is 96.0 cm³/mol. The second-order valence-corrected chi connectivity index (χ2v) is 6.80. The molecule has 0 radical (unpaired) electrons. The summed E-state index contributed by atoms with van der Waals surface area (Å²) in [6.07, 6.45) is 0.959. The number of carbonyl (C=O) groups excluding carboxylic acids is 2. The molecule has 1 aromatic heterocycles. The highest BCUT2D eigenvalue weighted by Crippen LogP contribution is 2.29. The van der Waals surface area contributed by atoms with E-state index in [0.717, 1.165) is 16.1 Å². The van der Waals surface area contributed by atoms with Crippen molar-refractivity contribution in [1.82, 2.24) is 15.1 Å². The van der Waals surface area contributed by atoms with Gasteiger partial charge in [-0.05, 0) is 25.8 Å². The summed E-state index contributed by atoms with van der Waals surface area (Å²) in [5.74, 6) is -0.118. The molecule has 0 fully saturated rings. The van der Waals surface area contributed by atoms with E-state index >= 15 is 0 Å². The lowest BCUT2D eigenvalue weighted by Gasteiger charge is -2.13. The Labute approximate surface area is 145 Å². The van der Waals surface area contributed by atoms with E-state index in [-0.39, 0.29) is 11.8 Å². The molecule has 1 aromatic carbocycles. The maximum atomic E-state index is 11.9. The fourth-order valence-corrected chi connectivity index (χ4v) is 3.10. The molecule has 1 N–H and O–H groups in total. The lowest BCUT2D eigenvalue weighted by Crippen LogP contribution is -2.25. The van der Waals surface area contributed by atoms with Crippen molar-refractivity contribution in [3.8, 4) is 10.6 Å². The van der Waals surface area contributed by atoms with Crippen LogP contribution in [0.5, 0.6) is 0 Å². The van der Waals surface area contributed by atoms with Gasteiger partial charge in [-0.2, -0.15) is 0 Å². The minimum atomic E-state index is -0.115. The number of aryl methyl sites for hydroxylation is 2. The molecular formula is C17H22N4O2S. The van der Waals surface area contributed by atoms with Crippen molar-refractivity contribution < 1.29 is 9.59 Å². The Bertz CT molecular complexity index is 742. The van der Waals surface area contributed by atoms with E-state index in [2.05, 4.69) is 21.6 Å². The van der Waals surface area contributed by atoms with Crippen LogP contribution in [0, 0.1) is 13.8 Å². The van der Waals surface area contributed by atoms with E-state index < -0.39 is 0 Å². The van der Waals surface area contributed by atoms with Gasteiger partial charge in [0.05, 0.1) is 0 Å². The fraction of sp³-hybridized carbons (Fsp3) is 0.412. The average molecular weight is 346 g/mol. The van der Waals surface area contributed by atoms with Crippen LogP contribution in [0.3, 0.4) is 0 Å². The van der Waals surface area contributed by atoms with Crippen molar-refractivity contribution in [3.05, 3.63) is 29.3 Å². The first-order valence-electron chi connectivity index (χ1n) is 7.79. The van der Waals surface area contributed by atoms with Crippen LogP contribution < -0.4 is 5.32 Å². The second-order valence-electron chi connectivity index (χ2n) is 5.82. The van der Waals surface area contributed by atoms with Crippen molar-refractivity contribution in [2.45, 2.75) is 33.6 Å². The van der Waals surface area contributed by atoms with Crippen LogP contribution in [0.15, 0.2) is 18.2 Å². The fourth-order valence-electron chi connectivity index (χ4n) is 2.25. The summed E-state index contributed by atoms with van der Waals surface area (Å²) >= 11 is 1.36. The summed E-state index contributed by atoms with van der Waals surface area (Å²) in [5.41, 5.74) is 3.36. The number of carbonyl (C=O) groups is 2. The quantitative estimate of drug-likeness (QED) is 0.872. The molecule has 0 atom stereocenters. The molecule has 2 rings (SSSR count). The van der Waals surface area contributed by atoms with Gasteiger partial charge in [-0.3, -0.25) is 9.59 Å². The van der Waals surface area contributed by atoms with Crippen LogP contribution in [0.1, 0.15) is 30.9 Å². The molecule has 0 aliphatic rings. The zero-order valence-electron chi connectivity index (χ0n) is 14.4. The maximum absolute atomic E-state index is 11.9. The number of nitrogens with one attached hydrogen (secondary N) is 1. The molecule has 0 unspecified atom stereocenters. The first-order chi connectivity index (χ1) is 11.4. The van der Waals surface area contributed by atoms with Crippen molar-refractivity contribution in [3.63, 3.8) is 0 Å². The van der Waals surface area contributed by atoms with Crippen molar-refractivity contribution >= 4 is 28.3 Å². The zero-order valence-corrected chi connectivity index (χ0v) is 15.2. The minimum absolute atomic E-state index is 0.00218. The van der Waals surface area contributed by atoms with Gasteiger partial charge in [-0.25, -0.2) is 0 Å². The van der Waals surface area contributed by atoms with Gasteiger partial charge in [0.25, 0.3) is 0 Å². The van der Waals surface area contributed by atoms with E-state index in [0.29, 0.717) is 24.5 Å². The molecular weight excluding hydrogens is 324 g/mol. The monoisotopic (exact) mass is 346 g/mol. The number of aromatic nitrogens is 2. The number of amides is 2. The number of benzene rings is 1. The van der Waals surface area contributed by atoms with Crippen LogP contribution in [0.2, 0.25) is 0 Å². The summed E-state index contributed by atoms with van der Waals surface area (Å²) in [6, 6.07) is 6.16. The summed E-state index contributed by atoms with van der Waals surface area (Å²) in [6.45, 7) is 6.15. The van der Waals surface area contributed by atoms with Crippen LogP contribution >= 0.6 is 11.3 Å². The Balaban J connectivity index is 1.91. The van der Waals surface area contributed by atoms with Crippen molar-refractivity contribution in [2.75, 3.05) is 18.9 Å². The summed E-state index contributed by atoms with van der Waals surface area (Å²) in [5, 5.41) is 12.3. The lowest BCUT2D eigenvalue weighted by molar-refractivity contribution is -0.128. The number of hydrogen-bond acceptors (Lipinski definition) is 5. The molecule has 0 bridgehead atoms. The summed E-state index contributed by atoms with van der Waals surface area (Å²) in [7, 11) is 1.72. The smallest absolute Gasteiger partial charge is 0.226 e. The average Bonchev–Trinajstić information content (AvgIpc) is 2.95. The van der Waals surface area contributed by atoms with E-state index in [9.17, 15) is 9.59 Å². The number of hydrogen-bond donors (Lipinski definition) is 1.